The molecule has 0 aromatic rings. The maximum atomic E-state index is 10.2. The number of carbonyl (C=O) groups excluding carboxylic acids is 2. The summed E-state index contributed by atoms with van der Waals surface area (Å²) in [5.74, 6) is -0.558. The van der Waals surface area contributed by atoms with Gasteiger partial charge in [-0.25, -0.2) is 4.79 Å². The highest BCUT2D eigenvalue weighted by Gasteiger charge is 1.95. The fraction of sp³-hybridized carbons (Fsp3) is 0.556. The molecule has 13 heavy (non-hydrogen) atoms. The van der Waals surface area contributed by atoms with Crippen molar-refractivity contribution in [2.75, 3.05) is 13.7 Å². The Morgan fingerprint density at radius 1 is 1.31 bits per heavy atom. The Morgan fingerprint density at radius 2 is 1.77 bits per heavy atom. The second-order valence-electron chi connectivity index (χ2n) is 2.20. The van der Waals surface area contributed by atoms with Gasteiger partial charge in [-0.2, -0.15) is 0 Å². The lowest BCUT2D eigenvalue weighted by molar-refractivity contribution is -0.140. The highest BCUT2D eigenvalue weighted by atomic mass is 16.5. The summed E-state index contributed by atoms with van der Waals surface area (Å²) in [5.41, 5.74) is 0.433. The molecule has 0 aliphatic heterocycles. The Balaban J connectivity index is 0. The maximum absolute atomic E-state index is 10.2. The average Bonchev–Trinajstić information content (AvgIpc) is 2.03. The summed E-state index contributed by atoms with van der Waals surface area (Å²) in [6, 6.07) is 0. The van der Waals surface area contributed by atoms with E-state index < -0.39 is 0 Å². The molecule has 0 saturated carbocycles. The lowest BCUT2D eigenvalue weighted by atomic mass is 10.4. The number of methoxy groups -OCH3 is 1. The molecule has 0 heterocycles. The first kappa shape index (κ1) is 14.2. The lowest BCUT2D eigenvalue weighted by Gasteiger charge is -1.91. The van der Waals surface area contributed by atoms with Crippen molar-refractivity contribution in [3.8, 4) is 0 Å². The summed E-state index contributed by atoms with van der Waals surface area (Å²) < 4.78 is 8.68. The zero-order valence-electron chi connectivity index (χ0n) is 8.55. The van der Waals surface area contributed by atoms with E-state index in [0.717, 1.165) is 0 Å². The SMILES string of the molecule is C=C(C)C(=O)OC.CCOC(C)=O. The van der Waals surface area contributed by atoms with Crippen LogP contribution in [0, 0.1) is 0 Å². The summed E-state index contributed by atoms with van der Waals surface area (Å²) in [7, 11) is 1.33. The van der Waals surface area contributed by atoms with E-state index in [4.69, 9.17) is 0 Å². The second kappa shape index (κ2) is 8.77. The van der Waals surface area contributed by atoms with Gasteiger partial charge in [-0.3, -0.25) is 4.79 Å². The van der Waals surface area contributed by atoms with Gasteiger partial charge in [0.1, 0.15) is 0 Å². The van der Waals surface area contributed by atoms with E-state index in [0.29, 0.717) is 12.2 Å². The van der Waals surface area contributed by atoms with E-state index in [-0.39, 0.29) is 11.9 Å². The number of hydrogen-bond acceptors (Lipinski definition) is 4. The van der Waals surface area contributed by atoms with Crippen LogP contribution in [0.15, 0.2) is 12.2 Å². The molecule has 0 atom stereocenters. The largest absolute Gasteiger partial charge is 0.466 e. The number of rotatable bonds is 2. The Kier molecular flexibility index (Phi) is 9.60. The summed E-state index contributed by atoms with van der Waals surface area (Å²) >= 11 is 0. The molecule has 0 spiro atoms. The van der Waals surface area contributed by atoms with Gasteiger partial charge in [0, 0.05) is 12.5 Å². The normalized spacial score (nSPS) is 7.69. The van der Waals surface area contributed by atoms with Gasteiger partial charge in [0.15, 0.2) is 0 Å². The van der Waals surface area contributed by atoms with Gasteiger partial charge in [-0.1, -0.05) is 6.58 Å². The van der Waals surface area contributed by atoms with Crippen molar-refractivity contribution in [1.82, 2.24) is 0 Å². The molecule has 4 nitrogen and oxygen atoms in total. The van der Waals surface area contributed by atoms with Crippen molar-refractivity contribution >= 4 is 11.9 Å². The van der Waals surface area contributed by atoms with Crippen molar-refractivity contribution in [3.63, 3.8) is 0 Å². The minimum atomic E-state index is -0.347. The van der Waals surface area contributed by atoms with E-state index in [2.05, 4.69) is 16.1 Å². The molecule has 0 unspecified atom stereocenters. The Labute approximate surface area is 78.5 Å². The van der Waals surface area contributed by atoms with E-state index in [1.165, 1.54) is 14.0 Å². The molecule has 0 saturated heterocycles. The monoisotopic (exact) mass is 188 g/mol. The Hall–Kier alpha value is -1.32. The molecule has 0 fully saturated rings. The first-order chi connectivity index (χ1) is 5.95. The first-order valence-electron chi connectivity index (χ1n) is 3.82. The zero-order valence-corrected chi connectivity index (χ0v) is 8.55. The predicted octanol–water partition coefficient (Wildman–Crippen LogP) is 1.30. The van der Waals surface area contributed by atoms with Crippen LogP contribution in [-0.2, 0) is 19.1 Å². The summed E-state index contributed by atoms with van der Waals surface area (Å²) in [5, 5.41) is 0. The zero-order chi connectivity index (χ0) is 10.9. The Bertz CT molecular complexity index is 184. The smallest absolute Gasteiger partial charge is 0.332 e. The van der Waals surface area contributed by atoms with Gasteiger partial charge in [0.2, 0.25) is 0 Å². The van der Waals surface area contributed by atoms with E-state index >= 15 is 0 Å². The maximum Gasteiger partial charge on any atom is 0.332 e. The molecule has 0 rings (SSSR count). The van der Waals surface area contributed by atoms with E-state index in [9.17, 15) is 9.59 Å². The molecule has 0 N–H and O–H groups in total. The van der Waals surface area contributed by atoms with Gasteiger partial charge >= 0.3 is 11.9 Å². The Morgan fingerprint density at radius 3 is 1.77 bits per heavy atom. The molecule has 0 amide bonds. The molecular formula is C9H16O4. The topological polar surface area (TPSA) is 52.6 Å². The van der Waals surface area contributed by atoms with Crippen molar-refractivity contribution < 1.29 is 19.1 Å². The van der Waals surface area contributed by atoms with Crippen molar-refractivity contribution in [1.29, 1.82) is 0 Å². The predicted molar refractivity (Wildman–Crippen MR) is 49.1 cm³/mol. The molecule has 4 heteroatoms. The molecule has 0 aromatic carbocycles. The summed E-state index contributed by atoms with van der Waals surface area (Å²) in [4.78, 5) is 20.0. The fourth-order valence-electron chi connectivity index (χ4n) is 0.377. The van der Waals surface area contributed by atoms with Crippen molar-refractivity contribution in [2.24, 2.45) is 0 Å². The van der Waals surface area contributed by atoms with Gasteiger partial charge < -0.3 is 9.47 Å². The van der Waals surface area contributed by atoms with Crippen LogP contribution < -0.4 is 0 Å². The third kappa shape index (κ3) is 13.6. The first-order valence-corrected chi connectivity index (χ1v) is 3.82. The van der Waals surface area contributed by atoms with Gasteiger partial charge in [0.25, 0.3) is 0 Å². The minimum absolute atomic E-state index is 0.211. The molecule has 0 aromatic heterocycles. The van der Waals surface area contributed by atoms with Crippen molar-refractivity contribution in [3.05, 3.63) is 12.2 Å². The highest BCUT2D eigenvalue weighted by molar-refractivity contribution is 5.86. The number of esters is 2. The minimum Gasteiger partial charge on any atom is -0.466 e. The summed E-state index contributed by atoms with van der Waals surface area (Å²) in [6.45, 7) is 8.61. The molecule has 0 radical (unpaired) electrons. The van der Waals surface area contributed by atoms with Crippen LogP contribution in [0.4, 0.5) is 0 Å². The van der Waals surface area contributed by atoms with Crippen LogP contribution in [0.2, 0.25) is 0 Å². The van der Waals surface area contributed by atoms with Crippen LogP contribution in [-0.4, -0.2) is 25.7 Å². The molecule has 76 valence electrons. The third-order valence-corrected chi connectivity index (χ3v) is 0.881. The van der Waals surface area contributed by atoms with Gasteiger partial charge in [-0.15, -0.1) is 0 Å². The van der Waals surface area contributed by atoms with Crippen LogP contribution in [0.3, 0.4) is 0 Å². The van der Waals surface area contributed by atoms with Crippen LogP contribution >= 0.6 is 0 Å². The molecule has 0 aliphatic carbocycles. The second-order valence-corrected chi connectivity index (χ2v) is 2.20. The van der Waals surface area contributed by atoms with Crippen LogP contribution in [0.5, 0.6) is 0 Å². The highest BCUT2D eigenvalue weighted by Crippen LogP contribution is 1.87. The van der Waals surface area contributed by atoms with E-state index in [1.807, 2.05) is 0 Å². The quantitative estimate of drug-likeness (QED) is 0.484. The molecule has 0 aliphatic rings. The van der Waals surface area contributed by atoms with E-state index in [1.54, 1.807) is 13.8 Å². The lowest BCUT2D eigenvalue weighted by Crippen LogP contribution is -1.98. The molecular weight excluding hydrogens is 172 g/mol. The van der Waals surface area contributed by atoms with Crippen molar-refractivity contribution in [2.45, 2.75) is 20.8 Å². The fourth-order valence-corrected chi connectivity index (χ4v) is 0.377. The number of ether oxygens (including phenoxy) is 2. The van der Waals surface area contributed by atoms with Gasteiger partial charge in [-0.05, 0) is 13.8 Å². The average molecular weight is 188 g/mol. The molecule has 0 bridgehead atoms. The number of carbonyl (C=O) groups is 2. The van der Waals surface area contributed by atoms with Gasteiger partial charge in [0.05, 0.1) is 13.7 Å². The summed E-state index contributed by atoms with van der Waals surface area (Å²) in [6.07, 6.45) is 0. The van der Waals surface area contributed by atoms with Crippen LogP contribution in [0.1, 0.15) is 20.8 Å². The van der Waals surface area contributed by atoms with Crippen LogP contribution in [0.25, 0.3) is 0 Å². The third-order valence-electron chi connectivity index (χ3n) is 0.881. The number of hydrogen-bond donors (Lipinski definition) is 0. The standard InChI is InChI=1S/C5H8O2.C4H8O2/c1-4(2)5(6)7-3;1-3-6-4(2)5/h1H2,2-3H3;3H2,1-2H3.